The normalized spacial score (nSPS) is 21.4. The molecule has 3 fully saturated rings. The van der Waals surface area contributed by atoms with Crippen LogP contribution in [0.25, 0.3) is 0 Å². The average Bonchev–Trinajstić information content (AvgIpc) is 3.81. The molecule has 0 unspecified atom stereocenters. The van der Waals surface area contributed by atoms with Crippen molar-refractivity contribution in [3.8, 4) is 0 Å². The van der Waals surface area contributed by atoms with Crippen molar-refractivity contribution in [1.82, 2.24) is 15.0 Å². The zero-order valence-corrected chi connectivity index (χ0v) is 26.6. The van der Waals surface area contributed by atoms with E-state index in [1.165, 1.54) is 96.3 Å². The van der Waals surface area contributed by atoms with Crippen LogP contribution in [0.5, 0.6) is 0 Å². The monoisotopic (exact) mass is 656 g/mol. The third kappa shape index (κ3) is 7.53. The molecule has 42 heavy (non-hydrogen) atoms. The van der Waals surface area contributed by atoms with Gasteiger partial charge in [0.05, 0.1) is 11.7 Å². The Kier molecular flexibility index (Phi) is 10.9. The van der Waals surface area contributed by atoms with Gasteiger partial charge in [-0.25, -0.2) is 0 Å². The van der Waals surface area contributed by atoms with Crippen molar-refractivity contribution < 1.29 is 20.4 Å². The SMILES string of the molecule is CC(c1ccc(C=NC2CCCCC2)[n-]1)(c1ccc(C=NC2CCCCC2)[n-]1)c1ccc(C=NC2CCCCC2)[nH]1.[Pd+2]. The van der Waals surface area contributed by atoms with E-state index < -0.39 is 5.41 Å². The molecule has 6 rings (SSSR count). The van der Waals surface area contributed by atoms with Gasteiger partial charge in [0.25, 0.3) is 0 Å². The van der Waals surface area contributed by atoms with E-state index in [0.29, 0.717) is 18.1 Å². The van der Waals surface area contributed by atoms with E-state index in [-0.39, 0.29) is 20.4 Å². The molecule has 0 bridgehead atoms. The predicted octanol–water partition coefficient (Wildman–Crippen LogP) is 7.54. The van der Waals surface area contributed by atoms with Crippen molar-refractivity contribution in [3.63, 3.8) is 0 Å². The number of rotatable bonds is 9. The van der Waals surface area contributed by atoms with Crippen molar-refractivity contribution in [1.29, 1.82) is 0 Å². The molecule has 0 radical (unpaired) electrons. The molecular weight excluding hydrogens is 611 g/mol. The number of nitrogens with one attached hydrogen (secondary N) is 1. The third-order valence-electron chi connectivity index (χ3n) is 9.58. The Morgan fingerprint density at radius 1 is 0.595 bits per heavy atom. The van der Waals surface area contributed by atoms with Crippen molar-refractivity contribution in [2.24, 2.45) is 15.0 Å². The third-order valence-corrected chi connectivity index (χ3v) is 9.58. The smallest absolute Gasteiger partial charge is 0.659 e. The molecule has 1 N–H and O–H groups in total. The Bertz CT molecular complexity index is 1160. The second-order valence-corrected chi connectivity index (χ2v) is 12.7. The van der Waals surface area contributed by atoms with Gasteiger partial charge >= 0.3 is 20.4 Å². The quantitative estimate of drug-likeness (QED) is 0.191. The van der Waals surface area contributed by atoms with E-state index in [0.717, 1.165) is 34.2 Å². The van der Waals surface area contributed by atoms with Gasteiger partial charge in [0, 0.05) is 41.8 Å². The van der Waals surface area contributed by atoms with Crippen LogP contribution in [0.15, 0.2) is 51.4 Å². The fourth-order valence-electron chi connectivity index (χ4n) is 6.88. The molecular formula is C35H46N6Pd. The molecule has 226 valence electrons. The zero-order valence-electron chi connectivity index (χ0n) is 25.1. The van der Waals surface area contributed by atoms with Crippen molar-refractivity contribution in [2.45, 2.75) is 127 Å². The number of aromatic amines is 1. The van der Waals surface area contributed by atoms with Gasteiger partial charge in [0.1, 0.15) is 0 Å². The number of hydrogen-bond donors (Lipinski definition) is 1. The van der Waals surface area contributed by atoms with Gasteiger partial charge in [-0.05, 0) is 57.6 Å². The summed E-state index contributed by atoms with van der Waals surface area (Å²) in [5.74, 6) is 0. The largest absolute Gasteiger partial charge is 2.00 e. The second kappa shape index (κ2) is 14.8. The number of hydrogen-bond acceptors (Lipinski definition) is 3. The minimum atomic E-state index is -0.537. The molecule has 3 aromatic heterocycles. The van der Waals surface area contributed by atoms with Gasteiger partial charge in [-0.15, -0.1) is 22.8 Å². The van der Waals surface area contributed by atoms with Gasteiger partial charge in [-0.2, -0.15) is 0 Å². The van der Waals surface area contributed by atoms with Crippen LogP contribution in [0, 0.1) is 0 Å². The van der Waals surface area contributed by atoms with Gasteiger partial charge < -0.3 is 15.0 Å². The van der Waals surface area contributed by atoms with E-state index in [4.69, 9.17) is 24.9 Å². The molecule has 0 spiro atoms. The maximum absolute atomic E-state index is 5.10. The van der Waals surface area contributed by atoms with Crippen LogP contribution in [0.3, 0.4) is 0 Å². The van der Waals surface area contributed by atoms with Crippen LogP contribution in [0.1, 0.15) is 137 Å². The standard InChI is InChI=1S/C35H46N6.Pd/c1-35(32-20-17-29(39-32)23-36-26-11-5-2-6-12-26,33-21-18-30(40-33)24-37-27-13-7-3-8-14-27)34-22-19-31(41-34)25-38-28-15-9-4-10-16-28;/h17-28,39H,2-16H2,1H3;/q-2;+2. The molecule has 0 aromatic carbocycles. The Hall–Kier alpha value is -2.49. The molecule has 3 aliphatic carbocycles. The topological polar surface area (TPSA) is 81.1 Å². The average molecular weight is 657 g/mol. The molecule has 3 saturated carbocycles. The minimum Gasteiger partial charge on any atom is -0.659 e. The van der Waals surface area contributed by atoms with Crippen LogP contribution in [0.2, 0.25) is 0 Å². The van der Waals surface area contributed by atoms with E-state index in [1.807, 2.05) is 18.6 Å². The van der Waals surface area contributed by atoms with E-state index in [2.05, 4.69) is 48.3 Å². The van der Waals surface area contributed by atoms with Crippen LogP contribution >= 0.6 is 0 Å². The first-order valence-corrected chi connectivity index (χ1v) is 16.2. The van der Waals surface area contributed by atoms with Crippen LogP contribution < -0.4 is 9.97 Å². The fraction of sp³-hybridized carbons (Fsp3) is 0.571. The Labute approximate surface area is 265 Å². The summed E-state index contributed by atoms with van der Waals surface area (Å²) < 4.78 is 0. The van der Waals surface area contributed by atoms with Crippen LogP contribution in [-0.2, 0) is 25.8 Å². The Morgan fingerprint density at radius 2 is 1.02 bits per heavy atom. The van der Waals surface area contributed by atoms with Crippen molar-refractivity contribution in [3.05, 3.63) is 70.6 Å². The first-order valence-electron chi connectivity index (χ1n) is 16.2. The van der Waals surface area contributed by atoms with Gasteiger partial charge in [-0.3, -0.25) is 15.0 Å². The molecule has 3 aliphatic rings. The summed E-state index contributed by atoms with van der Waals surface area (Å²) in [5, 5.41) is 0. The summed E-state index contributed by atoms with van der Waals surface area (Å²) in [6.07, 6.45) is 24.9. The second-order valence-electron chi connectivity index (χ2n) is 12.7. The van der Waals surface area contributed by atoms with Crippen molar-refractivity contribution in [2.75, 3.05) is 0 Å². The number of aliphatic imine (C=N–C) groups is 3. The summed E-state index contributed by atoms with van der Waals surface area (Å²) >= 11 is 0. The molecule has 0 saturated heterocycles. The molecule has 0 amide bonds. The Balaban J connectivity index is 0.00000353. The van der Waals surface area contributed by atoms with Crippen LogP contribution in [-0.4, -0.2) is 41.8 Å². The molecule has 6 nitrogen and oxygen atoms in total. The molecule has 3 aromatic rings. The van der Waals surface area contributed by atoms with Gasteiger partial charge in [0.2, 0.25) is 0 Å². The summed E-state index contributed by atoms with van der Waals surface area (Å²) in [4.78, 5) is 28.6. The van der Waals surface area contributed by atoms with Crippen molar-refractivity contribution >= 4 is 18.6 Å². The maximum Gasteiger partial charge on any atom is 2.00 e. The molecule has 0 atom stereocenters. The van der Waals surface area contributed by atoms with E-state index in [9.17, 15) is 0 Å². The van der Waals surface area contributed by atoms with Gasteiger partial charge in [-0.1, -0.05) is 82.1 Å². The minimum absolute atomic E-state index is 0. The Morgan fingerprint density at radius 3 is 1.48 bits per heavy atom. The first kappa shape index (κ1) is 31.0. The molecule has 0 aliphatic heterocycles. The van der Waals surface area contributed by atoms with Crippen LogP contribution in [0.4, 0.5) is 0 Å². The molecule has 3 heterocycles. The predicted molar refractivity (Wildman–Crippen MR) is 169 cm³/mol. The first-order chi connectivity index (χ1) is 20.2. The zero-order chi connectivity index (χ0) is 27.9. The van der Waals surface area contributed by atoms with E-state index in [1.54, 1.807) is 0 Å². The summed E-state index contributed by atoms with van der Waals surface area (Å²) in [7, 11) is 0. The van der Waals surface area contributed by atoms with E-state index >= 15 is 0 Å². The molecule has 7 heteroatoms. The number of aromatic nitrogens is 3. The van der Waals surface area contributed by atoms with Gasteiger partial charge in [0.15, 0.2) is 0 Å². The number of nitrogens with zero attached hydrogens (tertiary/aromatic N) is 5. The summed E-state index contributed by atoms with van der Waals surface area (Å²) in [6, 6.07) is 14.1. The summed E-state index contributed by atoms with van der Waals surface area (Å²) in [6.45, 7) is 2.23. The number of H-pyrrole nitrogens is 1. The maximum atomic E-state index is 5.10. The fourth-order valence-corrected chi connectivity index (χ4v) is 6.88. The summed E-state index contributed by atoms with van der Waals surface area (Å²) in [5.41, 5.74) is 5.38.